The normalized spacial score (nSPS) is 20.9. The number of ether oxygens (including phenoxy) is 2. The van der Waals surface area contributed by atoms with E-state index in [1.54, 1.807) is 13.3 Å². The van der Waals surface area contributed by atoms with Gasteiger partial charge in [0.05, 0.1) is 12.3 Å². The molecule has 4 nitrogen and oxygen atoms in total. The van der Waals surface area contributed by atoms with Crippen molar-refractivity contribution in [2.45, 2.75) is 51.4 Å². The van der Waals surface area contributed by atoms with E-state index in [2.05, 4.69) is 10.3 Å². The minimum Gasteiger partial charge on any atom is -0.487 e. The fourth-order valence-electron chi connectivity index (χ4n) is 2.65. The second-order valence-corrected chi connectivity index (χ2v) is 5.42. The van der Waals surface area contributed by atoms with Gasteiger partial charge in [0.1, 0.15) is 6.10 Å². The summed E-state index contributed by atoms with van der Waals surface area (Å²) in [6.45, 7) is 4.72. The smallest absolute Gasteiger partial charge is 0.183 e. The Kier molecular flexibility index (Phi) is 5.31. The second-order valence-electron chi connectivity index (χ2n) is 5.42. The van der Waals surface area contributed by atoms with Crippen LogP contribution in [0.15, 0.2) is 12.4 Å². The minimum absolute atomic E-state index is 0.0949. The van der Waals surface area contributed by atoms with Crippen LogP contribution in [-0.2, 0) is 4.74 Å². The van der Waals surface area contributed by atoms with Crippen LogP contribution < -0.4 is 10.1 Å². The van der Waals surface area contributed by atoms with Gasteiger partial charge < -0.3 is 14.8 Å². The molecular formula is C15H23FN2O2. The number of aromatic nitrogens is 1. The summed E-state index contributed by atoms with van der Waals surface area (Å²) in [6, 6.07) is 0.173. The maximum Gasteiger partial charge on any atom is 0.183 e. The predicted molar refractivity (Wildman–Crippen MR) is 75.4 cm³/mol. The van der Waals surface area contributed by atoms with Gasteiger partial charge in [-0.3, -0.25) is 4.98 Å². The van der Waals surface area contributed by atoms with Crippen molar-refractivity contribution < 1.29 is 13.9 Å². The van der Waals surface area contributed by atoms with E-state index in [-0.39, 0.29) is 24.0 Å². The number of halogens is 1. The third kappa shape index (κ3) is 3.46. The van der Waals surface area contributed by atoms with Crippen LogP contribution in [-0.4, -0.2) is 30.8 Å². The lowest BCUT2D eigenvalue weighted by Crippen LogP contribution is -2.39. The SMILES string of the molecule is COC(c1cncc(F)c1OC(C)C)C1CCCCN1. The number of pyridine rings is 1. The highest BCUT2D eigenvalue weighted by atomic mass is 19.1. The van der Waals surface area contributed by atoms with Crippen molar-refractivity contribution in [2.24, 2.45) is 0 Å². The monoisotopic (exact) mass is 282 g/mol. The Balaban J connectivity index is 2.30. The molecule has 0 spiro atoms. The zero-order valence-corrected chi connectivity index (χ0v) is 12.4. The molecule has 0 bridgehead atoms. The molecule has 1 fully saturated rings. The number of hydrogen-bond acceptors (Lipinski definition) is 4. The van der Waals surface area contributed by atoms with Gasteiger partial charge in [0, 0.05) is 24.9 Å². The third-order valence-electron chi connectivity index (χ3n) is 3.51. The summed E-state index contributed by atoms with van der Waals surface area (Å²) in [7, 11) is 1.64. The molecule has 1 aromatic heterocycles. The Bertz CT molecular complexity index is 434. The number of piperidine rings is 1. The molecule has 1 aliphatic rings. The Morgan fingerprint density at radius 2 is 2.15 bits per heavy atom. The maximum absolute atomic E-state index is 14.0. The highest BCUT2D eigenvalue weighted by Gasteiger charge is 2.29. The van der Waals surface area contributed by atoms with Gasteiger partial charge in [-0.2, -0.15) is 0 Å². The molecule has 2 rings (SSSR count). The number of nitrogens with one attached hydrogen (secondary N) is 1. The van der Waals surface area contributed by atoms with E-state index in [1.807, 2.05) is 13.8 Å². The molecule has 2 atom stereocenters. The molecule has 2 unspecified atom stereocenters. The number of rotatable bonds is 5. The van der Waals surface area contributed by atoms with Crippen LogP contribution in [0.3, 0.4) is 0 Å². The first-order valence-corrected chi connectivity index (χ1v) is 7.19. The van der Waals surface area contributed by atoms with Crippen LogP contribution in [0.25, 0.3) is 0 Å². The lowest BCUT2D eigenvalue weighted by atomic mass is 9.95. The Labute approximate surface area is 119 Å². The van der Waals surface area contributed by atoms with Crippen LogP contribution >= 0.6 is 0 Å². The summed E-state index contributed by atoms with van der Waals surface area (Å²) in [5, 5.41) is 3.44. The average Bonchev–Trinajstić information content (AvgIpc) is 2.44. The van der Waals surface area contributed by atoms with Crippen molar-refractivity contribution in [1.29, 1.82) is 0 Å². The fraction of sp³-hybridized carbons (Fsp3) is 0.667. The van der Waals surface area contributed by atoms with E-state index >= 15 is 0 Å². The second kappa shape index (κ2) is 6.99. The van der Waals surface area contributed by atoms with Crippen LogP contribution in [0, 0.1) is 5.82 Å². The van der Waals surface area contributed by atoms with Gasteiger partial charge in [0.2, 0.25) is 0 Å². The number of methoxy groups -OCH3 is 1. The predicted octanol–water partition coefficient (Wildman–Crippen LogP) is 2.84. The van der Waals surface area contributed by atoms with Gasteiger partial charge >= 0.3 is 0 Å². The molecule has 0 amide bonds. The quantitative estimate of drug-likeness (QED) is 0.902. The highest BCUT2D eigenvalue weighted by molar-refractivity contribution is 5.35. The van der Waals surface area contributed by atoms with E-state index in [4.69, 9.17) is 9.47 Å². The van der Waals surface area contributed by atoms with Crippen LogP contribution in [0.1, 0.15) is 44.8 Å². The molecule has 1 aliphatic heterocycles. The zero-order valence-electron chi connectivity index (χ0n) is 12.4. The first kappa shape index (κ1) is 15.2. The first-order chi connectivity index (χ1) is 9.63. The highest BCUT2D eigenvalue weighted by Crippen LogP contribution is 2.34. The zero-order chi connectivity index (χ0) is 14.5. The molecule has 0 radical (unpaired) electrons. The Hall–Kier alpha value is -1.20. The topological polar surface area (TPSA) is 43.4 Å². The van der Waals surface area contributed by atoms with E-state index in [0.717, 1.165) is 19.4 Å². The largest absolute Gasteiger partial charge is 0.487 e. The summed E-state index contributed by atoms with van der Waals surface area (Å²) in [6.07, 6.45) is 5.82. The lowest BCUT2D eigenvalue weighted by Gasteiger charge is -2.31. The van der Waals surface area contributed by atoms with Gasteiger partial charge in [-0.1, -0.05) is 6.42 Å². The molecule has 1 aromatic rings. The van der Waals surface area contributed by atoms with Gasteiger partial charge in [-0.15, -0.1) is 0 Å². The third-order valence-corrected chi connectivity index (χ3v) is 3.51. The molecule has 5 heteroatoms. The molecule has 0 saturated carbocycles. The summed E-state index contributed by atoms with van der Waals surface area (Å²) in [4.78, 5) is 3.95. The van der Waals surface area contributed by atoms with Crippen molar-refractivity contribution in [3.8, 4) is 5.75 Å². The standard InChI is InChI=1S/C15H23FN2O2/c1-10(2)20-14-11(8-17-9-12(14)16)15(19-3)13-6-4-5-7-18-13/h8-10,13,15,18H,4-7H2,1-3H3. The van der Waals surface area contributed by atoms with Crippen molar-refractivity contribution >= 4 is 0 Å². The molecule has 0 aromatic carbocycles. The minimum atomic E-state index is -0.436. The molecule has 0 aliphatic carbocycles. The Morgan fingerprint density at radius 3 is 2.75 bits per heavy atom. The van der Waals surface area contributed by atoms with Crippen LogP contribution in [0.4, 0.5) is 4.39 Å². The fourth-order valence-corrected chi connectivity index (χ4v) is 2.65. The molecule has 2 heterocycles. The molecule has 1 N–H and O–H groups in total. The first-order valence-electron chi connectivity index (χ1n) is 7.19. The average molecular weight is 282 g/mol. The van der Waals surface area contributed by atoms with E-state index in [9.17, 15) is 4.39 Å². The van der Waals surface area contributed by atoms with Crippen molar-refractivity contribution in [2.75, 3.05) is 13.7 Å². The van der Waals surface area contributed by atoms with E-state index in [1.165, 1.54) is 12.6 Å². The van der Waals surface area contributed by atoms with Gasteiger partial charge in [-0.05, 0) is 33.2 Å². The van der Waals surface area contributed by atoms with E-state index in [0.29, 0.717) is 5.56 Å². The molecule has 112 valence electrons. The van der Waals surface area contributed by atoms with Gasteiger partial charge in [-0.25, -0.2) is 4.39 Å². The molecule has 20 heavy (non-hydrogen) atoms. The van der Waals surface area contributed by atoms with Crippen LogP contribution in [0.5, 0.6) is 5.75 Å². The summed E-state index contributed by atoms with van der Waals surface area (Å²) < 4.78 is 25.2. The van der Waals surface area contributed by atoms with Crippen molar-refractivity contribution in [3.05, 3.63) is 23.8 Å². The van der Waals surface area contributed by atoms with Gasteiger partial charge in [0.25, 0.3) is 0 Å². The lowest BCUT2D eigenvalue weighted by molar-refractivity contribution is 0.0542. The van der Waals surface area contributed by atoms with E-state index < -0.39 is 5.82 Å². The van der Waals surface area contributed by atoms with Gasteiger partial charge in [0.15, 0.2) is 11.6 Å². The molecular weight excluding hydrogens is 259 g/mol. The number of nitrogens with zero attached hydrogens (tertiary/aromatic N) is 1. The summed E-state index contributed by atoms with van der Waals surface area (Å²) in [5.74, 6) is -0.178. The summed E-state index contributed by atoms with van der Waals surface area (Å²) >= 11 is 0. The van der Waals surface area contributed by atoms with Crippen LogP contribution in [0.2, 0.25) is 0 Å². The summed E-state index contributed by atoms with van der Waals surface area (Å²) in [5.41, 5.74) is 0.681. The Morgan fingerprint density at radius 1 is 1.35 bits per heavy atom. The van der Waals surface area contributed by atoms with Crippen molar-refractivity contribution in [1.82, 2.24) is 10.3 Å². The molecule has 1 saturated heterocycles. The van der Waals surface area contributed by atoms with Crippen molar-refractivity contribution in [3.63, 3.8) is 0 Å². The maximum atomic E-state index is 14.0. The number of hydrogen-bond donors (Lipinski definition) is 1.